The van der Waals surface area contributed by atoms with Crippen LogP contribution in [0.25, 0.3) is 10.9 Å². The summed E-state index contributed by atoms with van der Waals surface area (Å²) in [6, 6.07) is 13.2. The average molecular weight is 361 g/mol. The lowest BCUT2D eigenvalue weighted by molar-refractivity contribution is 0.102. The predicted molar refractivity (Wildman–Crippen MR) is 103 cm³/mol. The Morgan fingerprint density at radius 1 is 1.19 bits per heavy atom. The number of anilines is 1. The molecule has 0 radical (unpaired) electrons. The molecule has 4 aromatic rings. The number of pyridine rings is 1. The van der Waals surface area contributed by atoms with E-state index < -0.39 is 0 Å². The molecule has 0 saturated heterocycles. The second-order valence-corrected chi connectivity index (χ2v) is 6.07. The first-order valence-corrected chi connectivity index (χ1v) is 8.70. The molecule has 3 heterocycles. The molecule has 2 N–H and O–H groups in total. The molecule has 0 bridgehead atoms. The fraction of sp³-hybridized carbons (Fsp3) is 0.150. The minimum Gasteiger partial charge on any atom is -0.494 e. The van der Waals surface area contributed by atoms with Crippen molar-refractivity contribution in [3.8, 4) is 5.75 Å². The molecule has 1 amide bonds. The number of ether oxygens (including phenoxy) is 1. The molecule has 0 saturated carbocycles. The third-order valence-corrected chi connectivity index (χ3v) is 4.13. The Morgan fingerprint density at radius 2 is 2.04 bits per heavy atom. The molecular weight excluding hydrogens is 342 g/mol. The molecule has 0 fully saturated rings. The maximum atomic E-state index is 12.5. The van der Waals surface area contributed by atoms with E-state index in [4.69, 9.17) is 4.74 Å². The van der Waals surface area contributed by atoms with Gasteiger partial charge in [-0.25, -0.2) is 0 Å². The van der Waals surface area contributed by atoms with Crippen LogP contribution in [0.4, 0.5) is 5.82 Å². The summed E-state index contributed by atoms with van der Waals surface area (Å²) in [5, 5.41) is 8.16. The quantitative estimate of drug-likeness (QED) is 0.551. The van der Waals surface area contributed by atoms with E-state index in [1.165, 1.54) is 0 Å². The number of H-pyrrole nitrogens is 1. The maximum absolute atomic E-state index is 12.5. The highest BCUT2D eigenvalue weighted by Gasteiger charge is 2.12. The second kappa shape index (κ2) is 7.33. The molecule has 4 rings (SSSR count). The van der Waals surface area contributed by atoms with Crippen molar-refractivity contribution < 1.29 is 9.53 Å². The van der Waals surface area contributed by atoms with Gasteiger partial charge in [-0.2, -0.15) is 5.10 Å². The van der Waals surface area contributed by atoms with E-state index in [9.17, 15) is 4.79 Å². The number of carbonyl (C=O) groups is 1. The smallest absolute Gasteiger partial charge is 0.273 e. The third-order valence-electron chi connectivity index (χ3n) is 4.13. The first kappa shape index (κ1) is 16.8. The van der Waals surface area contributed by atoms with Gasteiger partial charge in [-0.3, -0.25) is 14.5 Å². The van der Waals surface area contributed by atoms with E-state index in [-0.39, 0.29) is 5.91 Å². The van der Waals surface area contributed by atoms with Crippen LogP contribution in [0.3, 0.4) is 0 Å². The fourth-order valence-electron chi connectivity index (χ4n) is 2.86. The summed E-state index contributed by atoms with van der Waals surface area (Å²) in [6.07, 6.45) is 5.32. The van der Waals surface area contributed by atoms with Crippen LogP contribution in [-0.4, -0.2) is 32.3 Å². The molecule has 1 aromatic carbocycles. The van der Waals surface area contributed by atoms with Crippen molar-refractivity contribution >= 4 is 22.6 Å². The number of nitrogens with zero attached hydrogens (tertiary/aromatic N) is 3. The van der Waals surface area contributed by atoms with Gasteiger partial charge in [0.2, 0.25) is 0 Å². The van der Waals surface area contributed by atoms with Gasteiger partial charge in [0.1, 0.15) is 11.4 Å². The van der Waals surface area contributed by atoms with Crippen molar-refractivity contribution in [2.45, 2.75) is 13.5 Å². The van der Waals surface area contributed by atoms with Crippen LogP contribution in [0.5, 0.6) is 5.75 Å². The zero-order valence-electron chi connectivity index (χ0n) is 14.8. The molecule has 27 heavy (non-hydrogen) atoms. The highest BCUT2D eigenvalue weighted by atomic mass is 16.5. The van der Waals surface area contributed by atoms with Crippen molar-refractivity contribution in [3.63, 3.8) is 0 Å². The zero-order chi connectivity index (χ0) is 18.6. The lowest BCUT2D eigenvalue weighted by atomic mass is 10.2. The highest BCUT2D eigenvalue weighted by molar-refractivity contribution is 6.05. The average Bonchev–Trinajstić information content (AvgIpc) is 3.29. The van der Waals surface area contributed by atoms with Crippen LogP contribution in [0, 0.1) is 0 Å². The minimum absolute atomic E-state index is 0.238. The van der Waals surface area contributed by atoms with Crippen LogP contribution in [0.2, 0.25) is 0 Å². The number of amides is 1. The molecule has 0 aliphatic rings. The molecule has 7 heteroatoms. The number of rotatable bonds is 6. The lowest BCUT2D eigenvalue weighted by Crippen LogP contribution is -2.13. The number of hydrogen-bond acceptors (Lipinski definition) is 4. The van der Waals surface area contributed by atoms with E-state index in [0.29, 0.717) is 24.7 Å². The first-order chi connectivity index (χ1) is 13.2. The predicted octanol–water partition coefficient (Wildman–Crippen LogP) is 3.46. The van der Waals surface area contributed by atoms with Crippen molar-refractivity contribution in [1.29, 1.82) is 0 Å². The van der Waals surface area contributed by atoms with Crippen molar-refractivity contribution in [3.05, 3.63) is 72.3 Å². The third kappa shape index (κ3) is 3.82. The molecule has 0 unspecified atom stereocenters. The number of aromatic amines is 1. The van der Waals surface area contributed by atoms with Gasteiger partial charge in [-0.05, 0) is 42.8 Å². The summed E-state index contributed by atoms with van der Waals surface area (Å²) in [5.74, 6) is 1.04. The van der Waals surface area contributed by atoms with Crippen molar-refractivity contribution in [2.75, 3.05) is 11.9 Å². The molecule has 3 aromatic heterocycles. The van der Waals surface area contributed by atoms with E-state index in [0.717, 1.165) is 22.2 Å². The van der Waals surface area contributed by atoms with Gasteiger partial charge in [-0.15, -0.1) is 0 Å². The van der Waals surface area contributed by atoms with Crippen LogP contribution in [-0.2, 0) is 6.54 Å². The van der Waals surface area contributed by atoms with Crippen LogP contribution < -0.4 is 10.1 Å². The van der Waals surface area contributed by atoms with Gasteiger partial charge in [0.05, 0.1) is 13.2 Å². The molecule has 0 spiro atoms. The number of aromatic nitrogens is 4. The zero-order valence-corrected chi connectivity index (χ0v) is 14.8. The number of fused-ring (bicyclic) bond motifs is 1. The molecule has 0 aliphatic carbocycles. The Balaban J connectivity index is 1.46. The van der Waals surface area contributed by atoms with Gasteiger partial charge in [0, 0.05) is 41.6 Å². The number of carbonyl (C=O) groups excluding carboxylic acids is 1. The Hall–Kier alpha value is -3.61. The Kier molecular flexibility index (Phi) is 4.57. The van der Waals surface area contributed by atoms with Gasteiger partial charge >= 0.3 is 0 Å². The number of benzene rings is 1. The van der Waals surface area contributed by atoms with Crippen LogP contribution in [0.1, 0.15) is 23.0 Å². The van der Waals surface area contributed by atoms with Crippen molar-refractivity contribution in [1.82, 2.24) is 19.7 Å². The molecule has 0 aliphatic heterocycles. The SMILES string of the molecule is CCOc1ccc2cc(C(=O)Nc3ccn(Cc4ccncc4)n3)[nH]c2c1. The Morgan fingerprint density at radius 3 is 2.85 bits per heavy atom. The summed E-state index contributed by atoms with van der Waals surface area (Å²) in [6.45, 7) is 3.15. The number of hydrogen-bond donors (Lipinski definition) is 2. The Labute approximate surface area is 156 Å². The second-order valence-electron chi connectivity index (χ2n) is 6.07. The molecule has 0 atom stereocenters. The normalized spacial score (nSPS) is 10.9. The summed E-state index contributed by atoms with van der Waals surface area (Å²) in [5.41, 5.74) is 2.42. The van der Waals surface area contributed by atoms with E-state index >= 15 is 0 Å². The fourth-order valence-corrected chi connectivity index (χ4v) is 2.86. The summed E-state index contributed by atoms with van der Waals surface area (Å²) >= 11 is 0. The summed E-state index contributed by atoms with van der Waals surface area (Å²) in [7, 11) is 0. The van der Waals surface area contributed by atoms with Gasteiger partial charge in [0.15, 0.2) is 5.82 Å². The van der Waals surface area contributed by atoms with Gasteiger partial charge in [0.25, 0.3) is 5.91 Å². The topological polar surface area (TPSA) is 84.8 Å². The Bertz CT molecular complexity index is 1070. The minimum atomic E-state index is -0.238. The van der Waals surface area contributed by atoms with E-state index in [1.54, 1.807) is 23.1 Å². The summed E-state index contributed by atoms with van der Waals surface area (Å²) < 4.78 is 7.26. The van der Waals surface area contributed by atoms with Gasteiger partial charge < -0.3 is 15.0 Å². The molecule has 7 nitrogen and oxygen atoms in total. The largest absolute Gasteiger partial charge is 0.494 e. The van der Waals surface area contributed by atoms with Crippen LogP contribution >= 0.6 is 0 Å². The van der Waals surface area contributed by atoms with E-state index in [2.05, 4.69) is 20.4 Å². The van der Waals surface area contributed by atoms with Crippen LogP contribution in [0.15, 0.2) is 61.1 Å². The number of nitrogens with one attached hydrogen (secondary N) is 2. The standard InChI is InChI=1S/C20H19N5O2/c1-2-27-16-4-3-15-11-18(22-17(15)12-16)20(26)23-19-7-10-25(24-19)13-14-5-8-21-9-6-14/h3-12,22H,2,13H2,1H3,(H,23,24,26). The monoisotopic (exact) mass is 361 g/mol. The maximum Gasteiger partial charge on any atom is 0.273 e. The lowest BCUT2D eigenvalue weighted by Gasteiger charge is -2.02. The van der Waals surface area contributed by atoms with Gasteiger partial charge in [-0.1, -0.05) is 0 Å². The highest BCUT2D eigenvalue weighted by Crippen LogP contribution is 2.22. The van der Waals surface area contributed by atoms with Crippen molar-refractivity contribution in [2.24, 2.45) is 0 Å². The first-order valence-electron chi connectivity index (χ1n) is 8.70. The van der Waals surface area contributed by atoms with E-state index in [1.807, 2.05) is 49.5 Å². The molecule has 136 valence electrons. The summed E-state index contributed by atoms with van der Waals surface area (Å²) in [4.78, 5) is 19.7. The molecular formula is C20H19N5O2.